The number of hydrogen-bond donors (Lipinski definition) is 1. The van der Waals surface area contributed by atoms with E-state index in [1.54, 1.807) is 0 Å². The van der Waals surface area contributed by atoms with Crippen LogP contribution in [0, 0.1) is 0 Å². The molecule has 1 N–H and O–H groups in total. The van der Waals surface area contributed by atoms with Gasteiger partial charge in [-0.2, -0.15) is 0 Å². The van der Waals surface area contributed by atoms with Crippen LogP contribution in [0.1, 0.15) is 33.1 Å². The Morgan fingerprint density at radius 2 is 2.33 bits per heavy atom. The molecule has 4 nitrogen and oxygen atoms in total. The molecule has 0 saturated carbocycles. The number of β-amino-alcohol motifs (C(OH)–C–C–N with tert-alkyl or cyclic N) is 1. The molecule has 0 aliphatic carbocycles. The van der Waals surface area contributed by atoms with Crippen LogP contribution in [0.15, 0.2) is 0 Å². The molecule has 0 unspecified atom stereocenters. The number of esters is 1. The van der Waals surface area contributed by atoms with E-state index in [4.69, 9.17) is 4.74 Å². The second kappa shape index (κ2) is 6.08. The van der Waals surface area contributed by atoms with Crippen molar-refractivity contribution in [1.82, 2.24) is 4.90 Å². The van der Waals surface area contributed by atoms with Crippen LogP contribution in [0.3, 0.4) is 0 Å². The van der Waals surface area contributed by atoms with E-state index < -0.39 is 0 Å². The maximum absolute atomic E-state index is 11.3. The zero-order chi connectivity index (χ0) is 11.3. The lowest BCUT2D eigenvalue weighted by atomic mass is 10.1. The first-order valence-corrected chi connectivity index (χ1v) is 5.68. The van der Waals surface area contributed by atoms with E-state index in [9.17, 15) is 9.90 Å². The molecule has 1 atom stereocenters. The third kappa shape index (κ3) is 5.14. The standard InChI is InChI=1S/C11H21NO3/c1-9(2)15-11(14)5-7-12-6-3-4-10(13)8-12/h9-10,13H,3-8H2,1-2H3/t10-/m0/s1. The van der Waals surface area contributed by atoms with Gasteiger partial charge in [-0.15, -0.1) is 0 Å². The Morgan fingerprint density at radius 3 is 2.93 bits per heavy atom. The van der Waals surface area contributed by atoms with Gasteiger partial charge in [0.05, 0.1) is 18.6 Å². The Labute approximate surface area is 91.2 Å². The van der Waals surface area contributed by atoms with Crippen LogP contribution in [-0.4, -0.2) is 47.8 Å². The topological polar surface area (TPSA) is 49.8 Å². The van der Waals surface area contributed by atoms with Gasteiger partial charge in [0.25, 0.3) is 0 Å². The van der Waals surface area contributed by atoms with Gasteiger partial charge in [0, 0.05) is 13.1 Å². The molecule has 0 radical (unpaired) electrons. The third-order valence-corrected chi connectivity index (χ3v) is 2.48. The summed E-state index contributed by atoms with van der Waals surface area (Å²) in [6.45, 7) is 6.06. The first-order chi connectivity index (χ1) is 7.08. The molecule has 1 saturated heterocycles. The fourth-order valence-electron chi connectivity index (χ4n) is 1.81. The van der Waals surface area contributed by atoms with Gasteiger partial charge in [-0.3, -0.25) is 4.79 Å². The molecule has 0 aromatic rings. The van der Waals surface area contributed by atoms with Gasteiger partial charge in [0.15, 0.2) is 0 Å². The zero-order valence-corrected chi connectivity index (χ0v) is 9.61. The van der Waals surface area contributed by atoms with Gasteiger partial charge in [-0.1, -0.05) is 0 Å². The number of ether oxygens (including phenoxy) is 1. The number of carbonyl (C=O) groups excluding carboxylic acids is 1. The molecule has 1 fully saturated rings. The number of hydrogen-bond acceptors (Lipinski definition) is 4. The molecular weight excluding hydrogens is 194 g/mol. The van der Waals surface area contributed by atoms with Crippen molar-refractivity contribution >= 4 is 5.97 Å². The van der Waals surface area contributed by atoms with Crippen molar-refractivity contribution in [3.8, 4) is 0 Å². The number of aliphatic hydroxyl groups is 1. The van der Waals surface area contributed by atoms with Crippen molar-refractivity contribution in [3.05, 3.63) is 0 Å². The van der Waals surface area contributed by atoms with E-state index >= 15 is 0 Å². The highest BCUT2D eigenvalue weighted by atomic mass is 16.5. The lowest BCUT2D eigenvalue weighted by Crippen LogP contribution is -2.39. The third-order valence-electron chi connectivity index (χ3n) is 2.48. The molecule has 1 heterocycles. The summed E-state index contributed by atoms with van der Waals surface area (Å²) in [5.41, 5.74) is 0. The monoisotopic (exact) mass is 215 g/mol. The maximum Gasteiger partial charge on any atom is 0.307 e. The first-order valence-electron chi connectivity index (χ1n) is 5.68. The SMILES string of the molecule is CC(C)OC(=O)CCN1CCC[C@H](O)C1. The first kappa shape index (κ1) is 12.5. The minimum absolute atomic E-state index is 0.0375. The number of carbonyl (C=O) groups is 1. The van der Waals surface area contributed by atoms with Crippen LogP contribution in [0.2, 0.25) is 0 Å². The van der Waals surface area contributed by atoms with Crippen molar-refractivity contribution < 1.29 is 14.6 Å². The Bertz CT molecular complexity index is 206. The zero-order valence-electron chi connectivity index (χ0n) is 9.61. The maximum atomic E-state index is 11.3. The Hall–Kier alpha value is -0.610. The normalized spacial score (nSPS) is 23.1. The number of rotatable bonds is 4. The summed E-state index contributed by atoms with van der Waals surface area (Å²) in [6, 6.07) is 0. The highest BCUT2D eigenvalue weighted by Gasteiger charge is 2.18. The quantitative estimate of drug-likeness (QED) is 0.704. The van der Waals surface area contributed by atoms with Gasteiger partial charge in [0.1, 0.15) is 0 Å². The van der Waals surface area contributed by atoms with Crippen molar-refractivity contribution in [2.75, 3.05) is 19.6 Å². The van der Waals surface area contributed by atoms with Crippen LogP contribution in [0.5, 0.6) is 0 Å². The summed E-state index contributed by atoms with van der Waals surface area (Å²) in [7, 11) is 0. The van der Waals surface area contributed by atoms with Crippen LogP contribution in [0.25, 0.3) is 0 Å². The molecule has 15 heavy (non-hydrogen) atoms. The molecule has 0 amide bonds. The number of aliphatic hydroxyl groups excluding tert-OH is 1. The summed E-state index contributed by atoms with van der Waals surface area (Å²) in [4.78, 5) is 13.4. The van der Waals surface area contributed by atoms with Gasteiger partial charge >= 0.3 is 5.97 Å². The molecule has 0 aromatic carbocycles. The van der Waals surface area contributed by atoms with E-state index in [1.165, 1.54) is 0 Å². The molecule has 88 valence electrons. The predicted molar refractivity (Wildman–Crippen MR) is 57.5 cm³/mol. The van der Waals surface area contributed by atoms with Crippen LogP contribution in [0.4, 0.5) is 0 Å². The average molecular weight is 215 g/mol. The lowest BCUT2D eigenvalue weighted by molar-refractivity contribution is -0.147. The fraction of sp³-hybridized carbons (Fsp3) is 0.909. The number of likely N-dealkylation sites (tertiary alicyclic amines) is 1. The molecule has 0 spiro atoms. The van der Waals surface area contributed by atoms with E-state index in [0.29, 0.717) is 19.5 Å². The Morgan fingerprint density at radius 1 is 1.60 bits per heavy atom. The Balaban J connectivity index is 2.16. The van der Waals surface area contributed by atoms with Crippen LogP contribution >= 0.6 is 0 Å². The van der Waals surface area contributed by atoms with Crippen LogP contribution in [-0.2, 0) is 9.53 Å². The van der Waals surface area contributed by atoms with Gasteiger partial charge in [0.2, 0.25) is 0 Å². The van der Waals surface area contributed by atoms with Crippen molar-refractivity contribution in [1.29, 1.82) is 0 Å². The highest BCUT2D eigenvalue weighted by Crippen LogP contribution is 2.10. The van der Waals surface area contributed by atoms with E-state index in [-0.39, 0.29) is 18.2 Å². The predicted octanol–water partition coefficient (Wildman–Crippen LogP) is 0.785. The smallest absolute Gasteiger partial charge is 0.307 e. The summed E-state index contributed by atoms with van der Waals surface area (Å²) in [5.74, 6) is -0.148. The van der Waals surface area contributed by atoms with E-state index in [1.807, 2.05) is 13.8 Å². The molecule has 1 aliphatic heterocycles. The van der Waals surface area contributed by atoms with Gasteiger partial charge < -0.3 is 14.7 Å². The average Bonchev–Trinajstić information content (AvgIpc) is 2.14. The molecule has 1 aliphatic rings. The van der Waals surface area contributed by atoms with E-state index in [2.05, 4.69) is 4.90 Å². The Kier molecular flexibility index (Phi) is 5.05. The molecule has 4 heteroatoms. The number of nitrogens with zero attached hydrogens (tertiary/aromatic N) is 1. The van der Waals surface area contributed by atoms with Gasteiger partial charge in [-0.05, 0) is 33.2 Å². The summed E-state index contributed by atoms with van der Waals surface area (Å²) in [6.07, 6.45) is 2.06. The van der Waals surface area contributed by atoms with Crippen molar-refractivity contribution in [2.45, 2.75) is 45.3 Å². The van der Waals surface area contributed by atoms with Gasteiger partial charge in [-0.25, -0.2) is 0 Å². The molecule has 0 aromatic heterocycles. The summed E-state index contributed by atoms with van der Waals surface area (Å²) < 4.78 is 5.04. The number of piperidine rings is 1. The molecule has 1 rings (SSSR count). The largest absolute Gasteiger partial charge is 0.463 e. The lowest BCUT2D eigenvalue weighted by Gasteiger charge is -2.29. The van der Waals surface area contributed by atoms with Crippen molar-refractivity contribution in [3.63, 3.8) is 0 Å². The minimum Gasteiger partial charge on any atom is -0.463 e. The van der Waals surface area contributed by atoms with Crippen molar-refractivity contribution in [2.24, 2.45) is 0 Å². The van der Waals surface area contributed by atoms with Crippen LogP contribution < -0.4 is 0 Å². The second-order valence-corrected chi connectivity index (χ2v) is 4.39. The molecule has 0 bridgehead atoms. The molecular formula is C11H21NO3. The summed E-state index contributed by atoms with van der Waals surface area (Å²) >= 11 is 0. The fourth-order valence-corrected chi connectivity index (χ4v) is 1.81. The second-order valence-electron chi connectivity index (χ2n) is 4.39. The highest BCUT2D eigenvalue weighted by molar-refractivity contribution is 5.69. The summed E-state index contributed by atoms with van der Waals surface area (Å²) in [5, 5.41) is 9.43. The minimum atomic E-state index is -0.222. The van der Waals surface area contributed by atoms with E-state index in [0.717, 1.165) is 19.4 Å².